The van der Waals surface area contributed by atoms with Gasteiger partial charge in [0.05, 0.1) is 0 Å². The number of aliphatic imine (C=N–C) groups is 1. The van der Waals surface area contributed by atoms with Gasteiger partial charge in [0.2, 0.25) is 0 Å². The van der Waals surface area contributed by atoms with E-state index in [-0.39, 0.29) is 12.1 Å². The van der Waals surface area contributed by atoms with E-state index >= 15 is 0 Å². The minimum Gasteiger partial charge on any atom is -0.463 e. The standard InChI is InChI=1S/C4H6N2O2/c5-4-6-3(1-7)2-8-4/h1,3H,2H2,(H2,5,6). The number of hydrogen-bond acceptors (Lipinski definition) is 4. The molecule has 0 saturated carbocycles. The monoisotopic (exact) mass is 114 g/mol. The summed E-state index contributed by atoms with van der Waals surface area (Å²) < 4.78 is 4.65. The Bertz CT molecular complexity index is 132. The zero-order chi connectivity index (χ0) is 5.98. The van der Waals surface area contributed by atoms with Crippen molar-refractivity contribution >= 4 is 12.3 Å². The maximum absolute atomic E-state index is 9.91. The highest BCUT2D eigenvalue weighted by atomic mass is 16.5. The van der Waals surface area contributed by atoms with Gasteiger partial charge in [0.1, 0.15) is 18.9 Å². The Morgan fingerprint density at radius 3 is 3.00 bits per heavy atom. The lowest BCUT2D eigenvalue weighted by Gasteiger charge is -1.89. The molecule has 0 bridgehead atoms. The number of hydrogen-bond donors (Lipinski definition) is 1. The Morgan fingerprint density at radius 1 is 2.00 bits per heavy atom. The molecule has 1 rings (SSSR count). The van der Waals surface area contributed by atoms with Crippen LogP contribution in [0, 0.1) is 0 Å². The van der Waals surface area contributed by atoms with Crippen LogP contribution in [-0.2, 0) is 9.53 Å². The van der Waals surface area contributed by atoms with Crippen molar-refractivity contribution in [3.8, 4) is 0 Å². The highest BCUT2D eigenvalue weighted by molar-refractivity contribution is 5.77. The van der Waals surface area contributed by atoms with Crippen molar-refractivity contribution in [3.05, 3.63) is 0 Å². The molecule has 0 radical (unpaired) electrons. The van der Waals surface area contributed by atoms with Crippen molar-refractivity contribution < 1.29 is 9.53 Å². The van der Waals surface area contributed by atoms with E-state index in [1.165, 1.54) is 0 Å². The van der Waals surface area contributed by atoms with Crippen molar-refractivity contribution in [2.75, 3.05) is 6.61 Å². The molecule has 0 saturated heterocycles. The molecule has 0 spiro atoms. The summed E-state index contributed by atoms with van der Waals surface area (Å²) in [6.07, 6.45) is 0.708. The third kappa shape index (κ3) is 0.776. The van der Waals surface area contributed by atoms with Crippen LogP contribution in [0.1, 0.15) is 0 Å². The number of carbonyl (C=O) groups is 1. The Morgan fingerprint density at radius 2 is 2.75 bits per heavy atom. The summed E-state index contributed by atoms with van der Waals surface area (Å²) in [7, 11) is 0. The third-order valence-corrected chi connectivity index (χ3v) is 0.852. The number of carbonyl (C=O) groups excluding carboxylic acids is 1. The Labute approximate surface area is 46.3 Å². The molecule has 0 fully saturated rings. The largest absolute Gasteiger partial charge is 0.463 e. The summed E-state index contributed by atoms with van der Waals surface area (Å²) in [5.74, 6) is 0. The van der Waals surface area contributed by atoms with Gasteiger partial charge in [-0.2, -0.15) is 0 Å². The molecule has 0 aromatic carbocycles. The number of rotatable bonds is 1. The zero-order valence-electron chi connectivity index (χ0n) is 4.20. The van der Waals surface area contributed by atoms with Gasteiger partial charge in [0, 0.05) is 0 Å². The van der Waals surface area contributed by atoms with Gasteiger partial charge in [0.15, 0.2) is 0 Å². The molecule has 4 nitrogen and oxygen atoms in total. The molecule has 2 N–H and O–H groups in total. The van der Waals surface area contributed by atoms with E-state index in [1.807, 2.05) is 0 Å². The summed E-state index contributed by atoms with van der Waals surface area (Å²) in [5.41, 5.74) is 5.07. The summed E-state index contributed by atoms with van der Waals surface area (Å²) in [6, 6.07) is -0.253. The van der Waals surface area contributed by atoms with Crippen molar-refractivity contribution in [1.29, 1.82) is 0 Å². The summed E-state index contributed by atoms with van der Waals surface area (Å²) in [6.45, 7) is 0.301. The molecule has 1 atom stereocenters. The first-order chi connectivity index (χ1) is 3.83. The molecule has 1 aliphatic rings. The van der Waals surface area contributed by atoms with Crippen LogP contribution in [0.4, 0.5) is 0 Å². The predicted molar refractivity (Wildman–Crippen MR) is 27.4 cm³/mol. The van der Waals surface area contributed by atoms with Crippen LogP contribution in [-0.4, -0.2) is 25.0 Å². The average Bonchev–Trinajstić information content (AvgIpc) is 2.14. The van der Waals surface area contributed by atoms with Crippen LogP contribution in [0.15, 0.2) is 4.99 Å². The van der Waals surface area contributed by atoms with Crippen LogP contribution in [0.2, 0.25) is 0 Å². The van der Waals surface area contributed by atoms with Crippen molar-refractivity contribution in [1.82, 2.24) is 0 Å². The first kappa shape index (κ1) is 5.08. The number of aldehydes is 1. The summed E-state index contributed by atoms with van der Waals surface area (Å²) in [5, 5.41) is 0. The van der Waals surface area contributed by atoms with E-state index < -0.39 is 0 Å². The van der Waals surface area contributed by atoms with Gasteiger partial charge in [0.25, 0.3) is 6.02 Å². The Hall–Kier alpha value is -1.06. The SMILES string of the molecule is NC1=NC(C=O)CO1. The summed E-state index contributed by atoms with van der Waals surface area (Å²) in [4.78, 5) is 13.5. The maximum Gasteiger partial charge on any atom is 0.282 e. The molecule has 1 aliphatic heterocycles. The molecule has 0 aromatic rings. The van der Waals surface area contributed by atoms with E-state index in [1.54, 1.807) is 0 Å². The van der Waals surface area contributed by atoms with E-state index in [4.69, 9.17) is 5.73 Å². The van der Waals surface area contributed by atoms with Gasteiger partial charge < -0.3 is 15.3 Å². The van der Waals surface area contributed by atoms with E-state index in [0.29, 0.717) is 12.9 Å². The maximum atomic E-state index is 9.91. The topological polar surface area (TPSA) is 64.7 Å². The lowest BCUT2D eigenvalue weighted by atomic mass is 10.4. The fourth-order valence-electron chi connectivity index (χ4n) is 0.478. The molecule has 1 unspecified atom stereocenters. The van der Waals surface area contributed by atoms with Crippen molar-refractivity contribution in [3.63, 3.8) is 0 Å². The van der Waals surface area contributed by atoms with E-state index in [2.05, 4.69) is 9.73 Å². The predicted octanol–water partition coefficient (Wildman–Crippen LogP) is -1.10. The number of nitrogens with zero attached hydrogens (tertiary/aromatic N) is 1. The number of nitrogens with two attached hydrogens (primary N) is 1. The van der Waals surface area contributed by atoms with Gasteiger partial charge in [-0.3, -0.25) is 0 Å². The second kappa shape index (κ2) is 1.81. The molecular formula is C4H6N2O2. The Kier molecular flexibility index (Phi) is 1.15. The first-order valence-corrected chi connectivity index (χ1v) is 2.24. The lowest BCUT2D eigenvalue weighted by Crippen LogP contribution is -2.10. The lowest BCUT2D eigenvalue weighted by molar-refractivity contribution is -0.109. The molecule has 44 valence electrons. The summed E-state index contributed by atoms with van der Waals surface area (Å²) >= 11 is 0. The Balaban J connectivity index is 2.53. The number of amidine groups is 1. The normalized spacial score (nSPS) is 26.5. The fourth-order valence-corrected chi connectivity index (χ4v) is 0.478. The second-order valence-electron chi connectivity index (χ2n) is 1.48. The van der Waals surface area contributed by atoms with Gasteiger partial charge in [-0.05, 0) is 0 Å². The third-order valence-electron chi connectivity index (χ3n) is 0.852. The van der Waals surface area contributed by atoms with Gasteiger partial charge in [-0.1, -0.05) is 0 Å². The van der Waals surface area contributed by atoms with Crippen molar-refractivity contribution in [2.45, 2.75) is 6.04 Å². The zero-order valence-corrected chi connectivity index (χ0v) is 4.20. The van der Waals surface area contributed by atoms with Gasteiger partial charge in [-0.15, -0.1) is 0 Å². The molecule has 4 heteroatoms. The quantitative estimate of drug-likeness (QED) is 0.440. The van der Waals surface area contributed by atoms with E-state index in [9.17, 15) is 4.79 Å². The molecule has 1 heterocycles. The molecule has 0 aliphatic carbocycles. The molecule has 0 amide bonds. The van der Waals surface area contributed by atoms with Crippen LogP contribution in [0.25, 0.3) is 0 Å². The minimum absolute atomic E-state index is 0.113. The first-order valence-electron chi connectivity index (χ1n) is 2.24. The second-order valence-corrected chi connectivity index (χ2v) is 1.48. The van der Waals surface area contributed by atoms with Crippen LogP contribution >= 0.6 is 0 Å². The minimum atomic E-state index is -0.366. The molecular weight excluding hydrogens is 108 g/mol. The van der Waals surface area contributed by atoms with Gasteiger partial charge >= 0.3 is 0 Å². The van der Waals surface area contributed by atoms with Crippen LogP contribution in [0.5, 0.6) is 0 Å². The molecule has 0 aromatic heterocycles. The van der Waals surface area contributed by atoms with Crippen LogP contribution < -0.4 is 5.73 Å². The number of ether oxygens (including phenoxy) is 1. The smallest absolute Gasteiger partial charge is 0.282 e. The van der Waals surface area contributed by atoms with Gasteiger partial charge in [-0.25, -0.2) is 4.99 Å². The van der Waals surface area contributed by atoms with Crippen molar-refractivity contribution in [2.24, 2.45) is 10.7 Å². The average molecular weight is 114 g/mol. The highest BCUT2D eigenvalue weighted by Gasteiger charge is 2.13. The van der Waals surface area contributed by atoms with E-state index in [0.717, 1.165) is 0 Å². The molecule has 8 heavy (non-hydrogen) atoms. The fraction of sp³-hybridized carbons (Fsp3) is 0.500. The highest BCUT2D eigenvalue weighted by Crippen LogP contribution is 1.96. The van der Waals surface area contributed by atoms with Crippen LogP contribution in [0.3, 0.4) is 0 Å².